The van der Waals surface area contributed by atoms with Crippen molar-refractivity contribution >= 4 is 5.91 Å². The number of allylic oxidation sites excluding steroid dienone is 11. The fourth-order valence-electron chi connectivity index (χ4n) is 11.7. The zero-order valence-corrected chi connectivity index (χ0v) is 55.7. The van der Waals surface area contributed by atoms with Crippen molar-refractivity contribution in [1.29, 1.82) is 0 Å². The number of carbonyl (C=O) groups excluding carboxylic acids is 1. The normalized spacial score (nSPS) is 23.6. The SMILES string of the molecule is CC/C=C\C/C=C\C/C=C\C/C=C\CCCCCCCCCCCCCCCCCCCCCCCCCCC(=O)NC(COC1OC(CO)C(OC2OC(CO)C(O)C(O)C2O)C(O)C1O)C(O)/C=C/CC/C=C/CCCCCCCCCCCCC. The minimum atomic E-state index is -1.79. The Balaban J connectivity index is 1.60. The molecule has 0 saturated carbocycles. The van der Waals surface area contributed by atoms with Gasteiger partial charge in [-0.05, 0) is 70.6 Å². The Morgan fingerprint density at radius 2 is 0.795 bits per heavy atom. The highest BCUT2D eigenvalue weighted by Gasteiger charge is 2.51. The first-order valence-corrected chi connectivity index (χ1v) is 36.2. The molecule has 14 nitrogen and oxygen atoms in total. The van der Waals surface area contributed by atoms with Crippen LogP contribution in [0.5, 0.6) is 0 Å². The summed E-state index contributed by atoms with van der Waals surface area (Å²) in [5.74, 6) is -0.245. The number of hydrogen-bond donors (Lipinski definition) is 9. The van der Waals surface area contributed by atoms with Crippen molar-refractivity contribution in [3.05, 3.63) is 72.9 Å². The topological polar surface area (TPSA) is 228 Å². The van der Waals surface area contributed by atoms with Gasteiger partial charge in [-0.25, -0.2) is 0 Å². The van der Waals surface area contributed by atoms with Crippen LogP contribution in [0, 0.1) is 0 Å². The summed E-state index contributed by atoms with van der Waals surface area (Å²) < 4.78 is 22.8. The Bertz CT molecular complexity index is 1750. The lowest BCUT2D eigenvalue weighted by molar-refractivity contribution is -0.359. The van der Waals surface area contributed by atoms with E-state index in [1.54, 1.807) is 6.08 Å². The second-order valence-electron chi connectivity index (χ2n) is 25.3. The van der Waals surface area contributed by atoms with Crippen LogP contribution in [0.25, 0.3) is 0 Å². The minimum absolute atomic E-state index is 0.245. The van der Waals surface area contributed by atoms with Gasteiger partial charge in [0.05, 0.1) is 32.0 Å². The molecule has 0 spiro atoms. The minimum Gasteiger partial charge on any atom is -0.394 e. The molecular weight excluding hydrogens is 1110 g/mol. The van der Waals surface area contributed by atoms with Crippen LogP contribution in [0.2, 0.25) is 0 Å². The summed E-state index contributed by atoms with van der Waals surface area (Å²) in [6, 6.07) is -0.932. The number of carbonyl (C=O) groups is 1. The van der Waals surface area contributed by atoms with E-state index in [-0.39, 0.29) is 18.9 Å². The molecule has 2 heterocycles. The summed E-state index contributed by atoms with van der Waals surface area (Å²) in [6.07, 6.45) is 62.7. The molecular formula is C74H133NO13. The number of aliphatic hydroxyl groups excluding tert-OH is 8. The zero-order valence-electron chi connectivity index (χ0n) is 55.7. The van der Waals surface area contributed by atoms with Crippen LogP contribution in [0.15, 0.2) is 72.9 Å². The maximum absolute atomic E-state index is 13.3. The molecule has 512 valence electrons. The number of nitrogens with one attached hydrogen (secondary N) is 1. The van der Waals surface area contributed by atoms with Crippen molar-refractivity contribution in [3.8, 4) is 0 Å². The monoisotopic (exact) mass is 1240 g/mol. The van der Waals surface area contributed by atoms with Crippen LogP contribution in [-0.2, 0) is 23.7 Å². The molecule has 2 saturated heterocycles. The summed E-state index contributed by atoms with van der Waals surface area (Å²) in [4.78, 5) is 13.3. The van der Waals surface area contributed by atoms with E-state index < -0.39 is 86.8 Å². The summed E-state index contributed by atoms with van der Waals surface area (Å²) in [5.41, 5.74) is 0. The van der Waals surface area contributed by atoms with Crippen molar-refractivity contribution in [3.63, 3.8) is 0 Å². The number of aliphatic hydroxyl groups is 8. The van der Waals surface area contributed by atoms with E-state index in [1.807, 2.05) is 6.08 Å². The molecule has 0 aromatic heterocycles. The number of ether oxygens (including phenoxy) is 4. The third kappa shape index (κ3) is 41.8. The molecule has 0 aliphatic carbocycles. The van der Waals surface area contributed by atoms with E-state index in [0.29, 0.717) is 12.8 Å². The average molecular weight is 1240 g/mol. The zero-order chi connectivity index (χ0) is 63.8. The summed E-state index contributed by atoms with van der Waals surface area (Å²) >= 11 is 0. The predicted octanol–water partition coefficient (Wildman–Crippen LogP) is 15.0. The van der Waals surface area contributed by atoms with Gasteiger partial charge in [0.25, 0.3) is 0 Å². The fraction of sp³-hybridized carbons (Fsp3) is 0.824. The highest BCUT2D eigenvalue weighted by Crippen LogP contribution is 2.30. The molecule has 9 N–H and O–H groups in total. The lowest BCUT2D eigenvalue weighted by Gasteiger charge is -2.46. The first-order chi connectivity index (χ1) is 43.1. The highest BCUT2D eigenvalue weighted by atomic mass is 16.7. The molecule has 12 unspecified atom stereocenters. The molecule has 2 aliphatic rings. The van der Waals surface area contributed by atoms with Gasteiger partial charge >= 0.3 is 0 Å². The average Bonchev–Trinajstić information content (AvgIpc) is 2.07. The van der Waals surface area contributed by atoms with E-state index in [2.05, 4.69) is 79.9 Å². The Hall–Kier alpha value is -2.57. The molecule has 0 aromatic rings. The van der Waals surface area contributed by atoms with Gasteiger partial charge < -0.3 is 65.1 Å². The molecule has 1 amide bonds. The van der Waals surface area contributed by atoms with Gasteiger partial charge in [-0.3, -0.25) is 4.79 Å². The van der Waals surface area contributed by atoms with Crippen molar-refractivity contribution in [1.82, 2.24) is 5.32 Å². The van der Waals surface area contributed by atoms with E-state index in [1.165, 1.54) is 205 Å². The molecule has 2 rings (SSSR count). The third-order valence-electron chi connectivity index (χ3n) is 17.4. The second-order valence-corrected chi connectivity index (χ2v) is 25.3. The Morgan fingerprint density at radius 3 is 1.25 bits per heavy atom. The molecule has 2 fully saturated rings. The molecule has 2 aliphatic heterocycles. The van der Waals surface area contributed by atoms with Crippen molar-refractivity contribution < 1.29 is 64.6 Å². The maximum Gasteiger partial charge on any atom is 0.220 e. The first kappa shape index (κ1) is 81.5. The van der Waals surface area contributed by atoms with Crippen LogP contribution in [-0.4, -0.2) is 140 Å². The van der Waals surface area contributed by atoms with E-state index in [4.69, 9.17) is 18.9 Å². The number of amides is 1. The summed E-state index contributed by atoms with van der Waals surface area (Å²) in [7, 11) is 0. The van der Waals surface area contributed by atoms with Gasteiger partial charge in [-0.2, -0.15) is 0 Å². The Kier molecular flexibility index (Phi) is 54.0. The van der Waals surface area contributed by atoms with Crippen molar-refractivity contribution in [2.75, 3.05) is 19.8 Å². The van der Waals surface area contributed by atoms with Gasteiger partial charge in [0.1, 0.15) is 48.8 Å². The standard InChI is InChI=1S/C74H133NO13/c1-3-5-7-9-11-13-15-17-19-21-22-23-24-25-26-27-28-29-30-31-32-33-34-35-36-37-38-39-40-42-44-46-48-50-52-54-56-58-66(79)75-62(63(78)57-55-53-51-49-47-45-43-41-20-18-16-14-12-10-8-6-4-2)61-85-73-71(84)69(82)72(65(60-77)87-73)88-74-70(83)68(81)67(80)64(59-76)86-74/h5,7,11,13,17,19,22-23,47,49,55,57,62-65,67-74,76-78,80-84H,3-4,6,8-10,12,14-16,18,20-21,24-46,48,50-54,56,58-61H2,1-2H3,(H,75,79)/b7-5-,13-11-,19-17-,23-22-,49-47+,57-55+. The van der Waals surface area contributed by atoms with Crippen molar-refractivity contribution in [2.24, 2.45) is 0 Å². The van der Waals surface area contributed by atoms with Gasteiger partial charge in [-0.1, -0.05) is 292 Å². The van der Waals surface area contributed by atoms with Crippen molar-refractivity contribution in [2.45, 2.75) is 370 Å². The van der Waals surface area contributed by atoms with E-state index in [9.17, 15) is 45.6 Å². The predicted molar refractivity (Wildman–Crippen MR) is 360 cm³/mol. The van der Waals surface area contributed by atoms with E-state index >= 15 is 0 Å². The number of hydrogen-bond acceptors (Lipinski definition) is 13. The highest BCUT2D eigenvalue weighted by molar-refractivity contribution is 5.76. The van der Waals surface area contributed by atoms with Crippen LogP contribution in [0.1, 0.15) is 296 Å². The van der Waals surface area contributed by atoms with Gasteiger partial charge in [0.15, 0.2) is 12.6 Å². The Labute approximate surface area is 536 Å². The lowest BCUT2D eigenvalue weighted by Crippen LogP contribution is -2.65. The largest absolute Gasteiger partial charge is 0.394 e. The van der Waals surface area contributed by atoms with E-state index in [0.717, 1.165) is 57.8 Å². The molecule has 88 heavy (non-hydrogen) atoms. The molecule has 0 aromatic carbocycles. The van der Waals surface area contributed by atoms with Gasteiger partial charge in [0, 0.05) is 6.42 Å². The number of rotatable bonds is 59. The van der Waals surface area contributed by atoms with Crippen LogP contribution in [0.4, 0.5) is 0 Å². The summed E-state index contributed by atoms with van der Waals surface area (Å²) in [5, 5.41) is 87.3. The van der Waals surface area contributed by atoms with Crippen LogP contribution >= 0.6 is 0 Å². The fourth-order valence-corrected chi connectivity index (χ4v) is 11.7. The van der Waals surface area contributed by atoms with Crippen LogP contribution in [0.3, 0.4) is 0 Å². The summed E-state index contributed by atoms with van der Waals surface area (Å²) in [6.45, 7) is 2.69. The van der Waals surface area contributed by atoms with Gasteiger partial charge in [0.2, 0.25) is 5.91 Å². The quantitative estimate of drug-likeness (QED) is 0.0204. The molecule has 0 radical (unpaired) electrons. The number of unbranched alkanes of at least 4 members (excludes halogenated alkanes) is 36. The molecule has 14 heteroatoms. The Morgan fingerprint density at radius 1 is 0.420 bits per heavy atom. The maximum atomic E-state index is 13.3. The second kappa shape index (κ2) is 58.3. The van der Waals surface area contributed by atoms with Gasteiger partial charge in [-0.15, -0.1) is 0 Å². The third-order valence-corrected chi connectivity index (χ3v) is 17.4. The molecule has 12 atom stereocenters. The lowest BCUT2D eigenvalue weighted by atomic mass is 9.97. The smallest absolute Gasteiger partial charge is 0.220 e. The molecule has 0 bridgehead atoms. The van der Waals surface area contributed by atoms with Crippen LogP contribution < -0.4 is 5.32 Å². The first-order valence-electron chi connectivity index (χ1n) is 36.2.